The molecule has 0 radical (unpaired) electrons. The highest BCUT2D eigenvalue weighted by atomic mass is 19.1. The van der Waals surface area contributed by atoms with Crippen molar-refractivity contribution in [2.75, 3.05) is 6.54 Å². The largest absolute Gasteiger partial charge is 0.335 e. The number of aryl methyl sites for hydroxylation is 1. The number of halogens is 1. The van der Waals surface area contributed by atoms with Gasteiger partial charge in [-0.3, -0.25) is 9.59 Å². The molecule has 1 saturated heterocycles. The quantitative estimate of drug-likeness (QED) is 0.873. The van der Waals surface area contributed by atoms with Gasteiger partial charge in [0.15, 0.2) is 0 Å². The lowest BCUT2D eigenvalue weighted by Gasteiger charge is -2.25. The Labute approximate surface area is 134 Å². The molecular formula is C18H19FN2O2. The van der Waals surface area contributed by atoms with Crippen LogP contribution in [0.2, 0.25) is 0 Å². The van der Waals surface area contributed by atoms with Crippen LogP contribution in [0.15, 0.2) is 47.4 Å². The van der Waals surface area contributed by atoms with Gasteiger partial charge in [-0.2, -0.15) is 0 Å². The Balaban J connectivity index is 1.79. The van der Waals surface area contributed by atoms with Gasteiger partial charge in [-0.1, -0.05) is 12.1 Å². The maximum absolute atomic E-state index is 13.3. The molecular weight excluding hydrogens is 295 g/mol. The number of benzene rings is 1. The topological polar surface area (TPSA) is 42.3 Å². The van der Waals surface area contributed by atoms with E-state index in [1.165, 1.54) is 22.8 Å². The molecule has 0 spiro atoms. The highest BCUT2D eigenvalue weighted by Crippen LogP contribution is 2.23. The van der Waals surface area contributed by atoms with Crippen LogP contribution >= 0.6 is 0 Å². The number of rotatable bonds is 3. The molecule has 1 aromatic heterocycles. The lowest BCUT2D eigenvalue weighted by molar-refractivity contribution is 0.0736. The number of nitrogens with zero attached hydrogens (tertiary/aromatic N) is 2. The number of aromatic nitrogens is 1. The second kappa shape index (κ2) is 6.36. The summed E-state index contributed by atoms with van der Waals surface area (Å²) in [5.41, 5.74) is 1.11. The first kappa shape index (κ1) is 15.5. The highest BCUT2D eigenvalue weighted by Gasteiger charge is 2.29. The van der Waals surface area contributed by atoms with Crippen molar-refractivity contribution in [2.24, 2.45) is 7.05 Å². The van der Waals surface area contributed by atoms with Gasteiger partial charge in [0.05, 0.1) is 0 Å². The van der Waals surface area contributed by atoms with Gasteiger partial charge >= 0.3 is 0 Å². The Morgan fingerprint density at radius 2 is 2.13 bits per heavy atom. The normalized spacial score (nSPS) is 17.5. The molecule has 23 heavy (non-hydrogen) atoms. The molecule has 2 heterocycles. The predicted molar refractivity (Wildman–Crippen MR) is 85.8 cm³/mol. The van der Waals surface area contributed by atoms with E-state index in [9.17, 15) is 14.0 Å². The van der Waals surface area contributed by atoms with Gasteiger partial charge in [0, 0.05) is 37.5 Å². The summed E-state index contributed by atoms with van der Waals surface area (Å²) < 4.78 is 14.8. The summed E-state index contributed by atoms with van der Waals surface area (Å²) in [6.45, 7) is 0.675. The number of amides is 1. The van der Waals surface area contributed by atoms with Crippen LogP contribution in [0.25, 0.3) is 0 Å². The van der Waals surface area contributed by atoms with Crippen molar-refractivity contribution < 1.29 is 9.18 Å². The number of hydrogen-bond donors (Lipinski definition) is 0. The predicted octanol–water partition coefficient (Wildman–Crippen LogP) is 2.37. The minimum atomic E-state index is -0.259. The summed E-state index contributed by atoms with van der Waals surface area (Å²) in [5.74, 6) is -0.383. The van der Waals surface area contributed by atoms with Crippen molar-refractivity contribution >= 4 is 5.91 Å². The van der Waals surface area contributed by atoms with Gasteiger partial charge in [0.25, 0.3) is 11.5 Å². The summed E-state index contributed by atoms with van der Waals surface area (Å²) in [7, 11) is 1.65. The van der Waals surface area contributed by atoms with E-state index >= 15 is 0 Å². The van der Waals surface area contributed by atoms with Crippen molar-refractivity contribution in [2.45, 2.75) is 25.3 Å². The zero-order valence-corrected chi connectivity index (χ0v) is 13.0. The number of carbonyl (C=O) groups is 1. The second-order valence-corrected chi connectivity index (χ2v) is 5.99. The van der Waals surface area contributed by atoms with E-state index in [1.807, 2.05) is 6.07 Å². The fraction of sp³-hybridized carbons (Fsp3) is 0.333. The van der Waals surface area contributed by atoms with Crippen molar-refractivity contribution in [3.63, 3.8) is 0 Å². The summed E-state index contributed by atoms with van der Waals surface area (Å²) in [5, 5.41) is 0. The number of carbonyl (C=O) groups excluding carboxylic acids is 1. The van der Waals surface area contributed by atoms with Crippen LogP contribution in [-0.2, 0) is 13.5 Å². The van der Waals surface area contributed by atoms with Gasteiger partial charge in [-0.05, 0) is 43.0 Å². The van der Waals surface area contributed by atoms with Crippen LogP contribution in [0.5, 0.6) is 0 Å². The molecule has 1 aliphatic rings. The first-order valence-corrected chi connectivity index (χ1v) is 7.77. The number of pyridine rings is 1. The van der Waals surface area contributed by atoms with Crippen molar-refractivity contribution in [1.29, 1.82) is 0 Å². The molecule has 4 nitrogen and oxygen atoms in total. The van der Waals surface area contributed by atoms with Gasteiger partial charge in [-0.15, -0.1) is 0 Å². The zero-order valence-electron chi connectivity index (χ0n) is 13.0. The molecule has 0 N–H and O–H groups in total. The van der Waals surface area contributed by atoms with Crippen LogP contribution in [0.1, 0.15) is 28.8 Å². The van der Waals surface area contributed by atoms with Gasteiger partial charge < -0.3 is 9.47 Å². The average Bonchev–Trinajstić information content (AvgIpc) is 2.97. The van der Waals surface area contributed by atoms with E-state index in [2.05, 4.69) is 0 Å². The SMILES string of the molecule is Cn1ccc(C(=O)N2CCCC2Cc2cccc(F)c2)cc1=O. The monoisotopic (exact) mass is 314 g/mol. The molecule has 120 valence electrons. The van der Waals surface area contributed by atoms with Crippen LogP contribution in [0.4, 0.5) is 4.39 Å². The maximum Gasteiger partial charge on any atom is 0.254 e. The fourth-order valence-electron chi connectivity index (χ4n) is 3.10. The Morgan fingerprint density at radius 1 is 1.30 bits per heavy atom. The smallest absolute Gasteiger partial charge is 0.254 e. The lowest BCUT2D eigenvalue weighted by Crippen LogP contribution is -2.37. The average molecular weight is 314 g/mol. The van der Waals surface area contributed by atoms with Crippen LogP contribution in [0, 0.1) is 5.82 Å². The first-order chi connectivity index (χ1) is 11.0. The molecule has 1 aliphatic heterocycles. The third kappa shape index (κ3) is 3.33. The Bertz CT molecular complexity index is 785. The molecule has 1 fully saturated rings. The molecule has 1 unspecified atom stereocenters. The van der Waals surface area contributed by atoms with E-state index in [-0.39, 0.29) is 23.3 Å². The molecule has 5 heteroatoms. The van der Waals surface area contributed by atoms with E-state index in [1.54, 1.807) is 30.3 Å². The Hall–Kier alpha value is -2.43. The van der Waals surface area contributed by atoms with Crippen molar-refractivity contribution in [3.05, 3.63) is 69.9 Å². The summed E-state index contributed by atoms with van der Waals surface area (Å²) in [6, 6.07) is 9.59. The molecule has 0 aliphatic carbocycles. The standard InChI is InChI=1S/C18H19FN2O2/c1-20-9-7-14(12-17(20)22)18(23)21-8-3-6-16(21)11-13-4-2-5-15(19)10-13/h2,4-5,7,9-10,12,16H,3,6,8,11H2,1H3. The molecule has 0 saturated carbocycles. The number of hydrogen-bond acceptors (Lipinski definition) is 2. The first-order valence-electron chi connectivity index (χ1n) is 7.77. The summed E-state index contributed by atoms with van der Waals surface area (Å²) in [4.78, 5) is 26.2. The van der Waals surface area contributed by atoms with Gasteiger partial charge in [-0.25, -0.2) is 4.39 Å². The van der Waals surface area contributed by atoms with Gasteiger partial charge in [0.1, 0.15) is 5.82 Å². The molecule has 1 aromatic carbocycles. The third-order valence-electron chi connectivity index (χ3n) is 4.35. The molecule has 1 amide bonds. The van der Waals surface area contributed by atoms with Crippen LogP contribution in [-0.4, -0.2) is 28.0 Å². The second-order valence-electron chi connectivity index (χ2n) is 5.99. The lowest BCUT2D eigenvalue weighted by atomic mass is 10.0. The van der Waals surface area contributed by atoms with Crippen molar-refractivity contribution in [1.82, 2.24) is 9.47 Å². The molecule has 0 bridgehead atoms. The van der Waals surface area contributed by atoms with E-state index < -0.39 is 0 Å². The van der Waals surface area contributed by atoms with Crippen molar-refractivity contribution in [3.8, 4) is 0 Å². The zero-order chi connectivity index (χ0) is 16.4. The Kier molecular flexibility index (Phi) is 4.28. The molecule has 1 atom stereocenters. The minimum absolute atomic E-state index is 0.0494. The van der Waals surface area contributed by atoms with E-state index in [0.29, 0.717) is 18.5 Å². The highest BCUT2D eigenvalue weighted by molar-refractivity contribution is 5.94. The maximum atomic E-state index is 13.3. The van der Waals surface area contributed by atoms with Crippen LogP contribution in [0.3, 0.4) is 0 Å². The third-order valence-corrected chi connectivity index (χ3v) is 4.35. The van der Waals surface area contributed by atoms with E-state index in [0.717, 1.165) is 18.4 Å². The van der Waals surface area contributed by atoms with E-state index in [4.69, 9.17) is 0 Å². The van der Waals surface area contributed by atoms with Gasteiger partial charge in [0.2, 0.25) is 0 Å². The fourth-order valence-corrected chi connectivity index (χ4v) is 3.10. The summed E-state index contributed by atoms with van der Waals surface area (Å²) >= 11 is 0. The summed E-state index contributed by atoms with van der Waals surface area (Å²) in [6.07, 6.45) is 4.06. The minimum Gasteiger partial charge on any atom is -0.335 e. The Morgan fingerprint density at radius 3 is 2.87 bits per heavy atom. The van der Waals surface area contributed by atoms with Crippen LogP contribution < -0.4 is 5.56 Å². The molecule has 2 aromatic rings. The molecule has 3 rings (SSSR count). The number of likely N-dealkylation sites (tertiary alicyclic amines) is 1.